The molecule has 0 N–H and O–H groups in total. The van der Waals surface area contributed by atoms with Gasteiger partial charge in [0.2, 0.25) is 5.82 Å². The molecule has 0 amide bonds. The quantitative estimate of drug-likeness (QED) is 0.644. The number of nitrogens with zero attached hydrogens (tertiary/aromatic N) is 3. The van der Waals surface area contributed by atoms with Gasteiger partial charge in [-0.1, -0.05) is 12.2 Å². The Bertz CT molecular complexity index is 380. The predicted octanol–water partition coefficient (Wildman–Crippen LogP) is 1.95. The summed E-state index contributed by atoms with van der Waals surface area (Å²) >= 11 is 0. The van der Waals surface area contributed by atoms with E-state index in [-0.39, 0.29) is 0 Å². The number of rotatable bonds is 2. The first-order chi connectivity index (χ1) is 6.06. The van der Waals surface area contributed by atoms with Crippen molar-refractivity contribution in [1.82, 2.24) is 9.55 Å². The molecule has 1 aromatic heterocycles. The van der Waals surface area contributed by atoms with E-state index in [1.807, 2.05) is 25.3 Å². The van der Waals surface area contributed by atoms with Crippen LogP contribution in [0.2, 0.25) is 0 Å². The van der Waals surface area contributed by atoms with Crippen molar-refractivity contribution in [2.75, 3.05) is 0 Å². The Morgan fingerprint density at radius 2 is 2.23 bits per heavy atom. The highest BCUT2D eigenvalue weighted by molar-refractivity contribution is 5.23. The van der Waals surface area contributed by atoms with Gasteiger partial charge < -0.3 is 4.57 Å². The van der Waals surface area contributed by atoms with Crippen molar-refractivity contribution in [1.29, 1.82) is 5.26 Å². The highest BCUT2D eigenvalue weighted by Gasteiger charge is 2.09. The average molecular weight is 175 g/mol. The van der Waals surface area contributed by atoms with E-state index in [2.05, 4.69) is 17.6 Å². The minimum Gasteiger partial charge on any atom is -0.316 e. The number of imidazole rings is 1. The maximum atomic E-state index is 8.81. The van der Waals surface area contributed by atoms with E-state index in [4.69, 9.17) is 5.26 Å². The van der Waals surface area contributed by atoms with E-state index in [1.54, 1.807) is 0 Å². The largest absolute Gasteiger partial charge is 0.316 e. The van der Waals surface area contributed by atoms with Crippen LogP contribution in [0.25, 0.3) is 0 Å². The van der Waals surface area contributed by atoms with Gasteiger partial charge in [0, 0.05) is 12.2 Å². The van der Waals surface area contributed by atoms with Crippen molar-refractivity contribution in [2.24, 2.45) is 0 Å². The van der Waals surface area contributed by atoms with Crippen LogP contribution in [0.3, 0.4) is 0 Å². The summed E-state index contributed by atoms with van der Waals surface area (Å²) in [6.45, 7) is 10.3. The standard InChI is InChI=1S/C10H13N3/c1-7(2)6-13-9(4)8(3)12-10(13)5-11/h1,6H2,2-4H3. The van der Waals surface area contributed by atoms with Gasteiger partial charge in [0.05, 0.1) is 5.69 Å². The number of hydrogen-bond acceptors (Lipinski definition) is 2. The molecule has 0 bridgehead atoms. The molecular weight excluding hydrogens is 162 g/mol. The lowest BCUT2D eigenvalue weighted by Gasteiger charge is -2.05. The summed E-state index contributed by atoms with van der Waals surface area (Å²) in [6, 6.07) is 2.07. The van der Waals surface area contributed by atoms with Crippen LogP contribution < -0.4 is 0 Å². The van der Waals surface area contributed by atoms with E-state index in [1.165, 1.54) is 0 Å². The Morgan fingerprint density at radius 3 is 2.69 bits per heavy atom. The number of hydrogen-bond donors (Lipinski definition) is 0. The molecule has 0 radical (unpaired) electrons. The molecule has 1 heterocycles. The second-order valence-electron chi connectivity index (χ2n) is 3.26. The second-order valence-corrected chi connectivity index (χ2v) is 3.26. The highest BCUT2D eigenvalue weighted by atomic mass is 15.1. The summed E-state index contributed by atoms with van der Waals surface area (Å²) in [4.78, 5) is 4.14. The summed E-state index contributed by atoms with van der Waals surface area (Å²) in [7, 11) is 0. The Labute approximate surface area is 78.3 Å². The molecule has 0 saturated carbocycles. The molecule has 0 atom stereocenters. The molecule has 13 heavy (non-hydrogen) atoms. The number of nitriles is 1. The van der Waals surface area contributed by atoms with Gasteiger partial charge in [0.1, 0.15) is 6.07 Å². The third-order valence-electron chi connectivity index (χ3n) is 1.99. The van der Waals surface area contributed by atoms with Gasteiger partial charge in [0.15, 0.2) is 0 Å². The zero-order valence-electron chi connectivity index (χ0n) is 8.26. The average Bonchev–Trinajstić information content (AvgIpc) is 2.31. The Morgan fingerprint density at radius 1 is 1.62 bits per heavy atom. The monoisotopic (exact) mass is 175 g/mol. The van der Waals surface area contributed by atoms with Gasteiger partial charge in [-0.3, -0.25) is 0 Å². The van der Waals surface area contributed by atoms with Gasteiger partial charge >= 0.3 is 0 Å². The summed E-state index contributed by atoms with van der Waals surface area (Å²) in [5.41, 5.74) is 2.98. The van der Waals surface area contributed by atoms with Gasteiger partial charge in [-0.2, -0.15) is 5.26 Å². The maximum Gasteiger partial charge on any atom is 0.213 e. The van der Waals surface area contributed by atoms with Crippen molar-refractivity contribution < 1.29 is 0 Å². The molecule has 0 aromatic carbocycles. The lowest BCUT2D eigenvalue weighted by atomic mass is 10.3. The molecule has 0 fully saturated rings. The summed E-state index contributed by atoms with van der Waals surface area (Å²) in [5, 5.41) is 8.81. The molecule has 1 rings (SSSR count). The molecule has 1 aromatic rings. The minimum atomic E-state index is 0.470. The molecule has 68 valence electrons. The lowest BCUT2D eigenvalue weighted by Crippen LogP contribution is -2.03. The molecule has 3 nitrogen and oxygen atoms in total. The zero-order chi connectivity index (χ0) is 10.0. The lowest BCUT2D eigenvalue weighted by molar-refractivity contribution is 0.745. The van der Waals surface area contributed by atoms with Crippen LogP contribution in [-0.2, 0) is 6.54 Å². The second kappa shape index (κ2) is 3.44. The fourth-order valence-electron chi connectivity index (χ4n) is 1.20. The smallest absolute Gasteiger partial charge is 0.213 e. The third kappa shape index (κ3) is 1.78. The van der Waals surface area contributed by atoms with E-state index < -0.39 is 0 Å². The number of allylic oxidation sites excluding steroid dienone is 1. The van der Waals surface area contributed by atoms with Crippen LogP contribution in [-0.4, -0.2) is 9.55 Å². The summed E-state index contributed by atoms with van der Waals surface area (Å²) in [6.07, 6.45) is 0. The van der Waals surface area contributed by atoms with Crippen molar-refractivity contribution in [3.05, 3.63) is 29.4 Å². The van der Waals surface area contributed by atoms with Gasteiger partial charge in [-0.25, -0.2) is 4.98 Å². The van der Waals surface area contributed by atoms with E-state index in [0.29, 0.717) is 12.4 Å². The van der Waals surface area contributed by atoms with Crippen LogP contribution in [0, 0.1) is 25.2 Å². The fourth-order valence-corrected chi connectivity index (χ4v) is 1.20. The first kappa shape index (κ1) is 9.53. The minimum absolute atomic E-state index is 0.470. The molecule has 0 unspecified atom stereocenters. The molecule has 0 aliphatic heterocycles. The van der Waals surface area contributed by atoms with Crippen molar-refractivity contribution >= 4 is 0 Å². The van der Waals surface area contributed by atoms with Gasteiger partial charge in [0.25, 0.3) is 0 Å². The molecule has 0 saturated heterocycles. The molecular formula is C10H13N3. The van der Waals surface area contributed by atoms with E-state index in [0.717, 1.165) is 17.0 Å². The molecule has 3 heteroatoms. The summed E-state index contributed by atoms with van der Waals surface area (Å²) in [5.74, 6) is 0.470. The normalized spacial score (nSPS) is 9.69. The third-order valence-corrected chi connectivity index (χ3v) is 1.99. The Balaban J connectivity index is 3.18. The molecule has 0 spiro atoms. The fraction of sp³-hybridized carbons (Fsp3) is 0.400. The Hall–Kier alpha value is -1.56. The SMILES string of the molecule is C=C(C)Cn1c(C#N)nc(C)c1C. The van der Waals surface area contributed by atoms with Crippen molar-refractivity contribution in [2.45, 2.75) is 27.3 Å². The maximum absolute atomic E-state index is 8.81. The first-order valence-corrected chi connectivity index (χ1v) is 4.14. The van der Waals surface area contributed by atoms with Crippen molar-refractivity contribution in [3.63, 3.8) is 0 Å². The van der Waals surface area contributed by atoms with Gasteiger partial charge in [-0.15, -0.1) is 0 Å². The van der Waals surface area contributed by atoms with Crippen molar-refractivity contribution in [3.8, 4) is 6.07 Å². The topological polar surface area (TPSA) is 41.6 Å². The van der Waals surface area contributed by atoms with Gasteiger partial charge in [-0.05, 0) is 20.8 Å². The predicted molar refractivity (Wildman–Crippen MR) is 51.2 cm³/mol. The van der Waals surface area contributed by atoms with Crippen LogP contribution >= 0.6 is 0 Å². The summed E-state index contributed by atoms with van der Waals surface area (Å²) < 4.78 is 1.89. The van der Waals surface area contributed by atoms with E-state index >= 15 is 0 Å². The number of aryl methyl sites for hydroxylation is 1. The van der Waals surface area contributed by atoms with Crippen LogP contribution in [0.1, 0.15) is 24.1 Å². The first-order valence-electron chi connectivity index (χ1n) is 4.14. The highest BCUT2D eigenvalue weighted by Crippen LogP contribution is 2.11. The molecule has 0 aliphatic carbocycles. The molecule has 0 aliphatic rings. The zero-order valence-corrected chi connectivity index (χ0v) is 8.26. The van der Waals surface area contributed by atoms with Crippen LogP contribution in [0.15, 0.2) is 12.2 Å². The van der Waals surface area contributed by atoms with Crippen LogP contribution in [0.5, 0.6) is 0 Å². The Kier molecular flexibility index (Phi) is 2.52. The number of aromatic nitrogens is 2. The van der Waals surface area contributed by atoms with Crippen LogP contribution in [0.4, 0.5) is 0 Å². The van der Waals surface area contributed by atoms with E-state index in [9.17, 15) is 0 Å².